The second kappa shape index (κ2) is 10.2. The minimum absolute atomic E-state index is 0.0199. The van der Waals surface area contributed by atoms with Gasteiger partial charge in [0.2, 0.25) is 5.91 Å². The first kappa shape index (κ1) is 19.4. The molecule has 2 rings (SSSR count). The van der Waals surface area contributed by atoms with Gasteiger partial charge in [-0.25, -0.2) is 0 Å². The molecule has 6 nitrogen and oxygen atoms in total. The van der Waals surface area contributed by atoms with Crippen LogP contribution < -0.4 is 24.8 Å². The molecule has 0 unspecified atom stereocenters. The molecule has 0 saturated heterocycles. The fraction of sp³-hybridized carbons (Fsp3) is 0.350. The van der Waals surface area contributed by atoms with Gasteiger partial charge in [0.15, 0.2) is 11.5 Å². The minimum Gasteiger partial charge on any atom is -0.497 e. The molecule has 0 heterocycles. The van der Waals surface area contributed by atoms with Crippen LogP contribution in [0.4, 0.5) is 5.69 Å². The fourth-order valence-corrected chi connectivity index (χ4v) is 2.50. The molecule has 0 aromatic heterocycles. The van der Waals surface area contributed by atoms with Crippen LogP contribution in [0.25, 0.3) is 0 Å². The third-order valence-electron chi connectivity index (χ3n) is 3.96. The first-order valence-corrected chi connectivity index (χ1v) is 8.51. The summed E-state index contributed by atoms with van der Waals surface area (Å²) >= 11 is 0. The Morgan fingerprint density at radius 2 is 1.62 bits per heavy atom. The normalized spacial score (nSPS) is 10.1. The Hall–Kier alpha value is -2.89. The predicted octanol–water partition coefficient (Wildman–Crippen LogP) is 2.87. The zero-order chi connectivity index (χ0) is 18.8. The van der Waals surface area contributed by atoms with Gasteiger partial charge < -0.3 is 24.8 Å². The van der Waals surface area contributed by atoms with E-state index in [-0.39, 0.29) is 5.91 Å². The fourth-order valence-electron chi connectivity index (χ4n) is 2.50. The van der Waals surface area contributed by atoms with Crippen molar-refractivity contribution in [2.45, 2.75) is 12.8 Å². The molecule has 2 aromatic rings. The Morgan fingerprint density at radius 3 is 2.27 bits per heavy atom. The molecule has 0 fully saturated rings. The smallest absolute Gasteiger partial charge is 0.221 e. The summed E-state index contributed by atoms with van der Waals surface area (Å²) in [5.41, 5.74) is 2.04. The Balaban J connectivity index is 1.68. The van der Waals surface area contributed by atoms with E-state index in [1.54, 1.807) is 21.3 Å². The van der Waals surface area contributed by atoms with Crippen molar-refractivity contribution in [3.63, 3.8) is 0 Å². The third-order valence-corrected chi connectivity index (χ3v) is 3.96. The molecule has 140 valence electrons. The monoisotopic (exact) mass is 358 g/mol. The number of hydrogen-bond donors (Lipinski definition) is 2. The SMILES string of the molecule is COc1ccc(NCCC(=O)NCCc2ccc(OC)c(OC)c2)cc1. The number of anilines is 1. The van der Waals surface area contributed by atoms with E-state index in [1.807, 2.05) is 42.5 Å². The zero-order valence-corrected chi connectivity index (χ0v) is 15.5. The molecular weight excluding hydrogens is 332 g/mol. The van der Waals surface area contributed by atoms with E-state index in [1.165, 1.54) is 0 Å². The van der Waals surface area contributed by atoms with Crippen LogP contribution in [-0.4, -0.2) is 40.3 Å². The maximum atomic E-state index is 11.9. The van der Waals surface area contributed by atoms with Gasteiger partial charge >= 0.3 is 0 Å². The highest BCUT2D eigenvalue weighted by molar-refractivity contribution is 5.76. The Labute approximate surface area is 154 Å². The number of hydrogen-bond acceptors (Lipinski definition) is 5. The summed E-state index contributed by atoms with van der Waals surface area (Å²) in [5.74, 6) is 2.22. The van der Waals surface area contributed by atoms with Crippen LogP contribution in [-0.2, 0) is 11.2 Å². The van der Waals surface area contributed by atoms with Crippen LogP contribution in [0.1, 0.15) is 12.0 Å². The van der Waals surface area contributed by atoms with Crippen molar-refractivity contribution in [3.05, 3.63) is 48.0 Å². The van der Waals surface area contributed by atoms with E-state index in [0.717, 1.165) is 23.4 Å². The summed E-state index contributed by atoms with van der Waals surface area (Å²) in [7, 11) is 4.85. The second-order valence-electron chi connectivity index (χ2n) is 5.69. The quantitative estimate of drug-likeness (QED) is 0.683. The van der Waals surface area contributed by atoms with E-state index < -0.39 is 0 Å². The lowest BCUT2D eigenvalue weighted by molar-refractivity contribution is -0.120. The highest BCUT2D eigenvalue weighted by Gasteiger charge is 2.05. The summed E-state index contributed by atoms with van der Waals surface area (Å²) in [4.78, 5) is 11.9. The summed E-state index contributed by atoms with van der Waals surface area (Å²) in [6, 6.07) is 13.4. The molecule has 2 N–H and O–H groups in total. The lowest BCUT2D eigenvalue weighted by Crippen LogP contribution is -2.27. The Morgan fingerprint density at radius 1 is 0.885 bits per heavy atom. The summed E-state index contributed by atoms with van der Waals surface area (Å²) < 4.78 is 15.6. The van der Waals surface area contributed by atoms with Gasteiger partial charge in [-0.3, -0.25) is 4.79 Å². The van der Waals surface area contributed by atoms with Crippen molar-refractivity contribution in [3.8, 4) is 17.2 Å². The molecule has 0 aliphatic heterocycles. The van der Waals surface area contributed by atoms with E-state index in [0.29, 0.717) is 31.0 Å². The average molecular weight is 358 g/mol. The Bertz CT molecular complexity index is 701. The summed E-state index contributed by atoms with van der Waals surface area (Å²) in [6.07, 6.45) is 1.15. The number of ether oxygens (including phenoxy) is 3. The molecule has 0 atom stereocenters. The minimum atomic E-state index is 0.0199. The van der Waals surface area contributed by atoms with Crippen molar-refractivity contribution in [1.29, 1.82) is 0 Å². The third kappa shape index (κ3) is 5.88. The molecular formula is C20H26N2O4. The summed E-state index contributed by atoms with van der Waals surface area (Å²) in [6.45, 7) is 1.16. The number of amides is 1. The molecule has 6 heteroatoms. The van der Waals surface area contributed by atoms with E-state index in [2.05, 4.69) is 10.6 Å². The molecule has 1 amide bonds. The summed E-state index contributed by atoms with van der Waals surface area (Å²) in [5, 5.41) is 6.15. The highest BCUT2D eigenvalue weighted by atomic mass is 16.5. The first-order valence-electron chi connectivity index (χ1n) is 8.51. The molecule has 0 aliphatic carbocycles. The van der Waals surface area contributed by atoms with E-state index in [4.69, 9.17) is 14.2 Å². The van der Waals surface area contributed by atoms with Gasteiger partial charge in [0.25, 0.3) is 0 Å². The van der Waals surface area contributed by atoms with Crippen molar-refractivity contribution in [1.82, 2.24) is 5.32 Å². The van der Waals surface area contributed by atoms with E-state index in [9.17, 15) is 4.79 Å². The van der Waals surface area contributed by atoms with E-state index >= 15 is 0 Å². The van der Waals surface area contributed by atoms with Gasteiger partial charge in [-0.2, -0.15) is 0 Å². The molecule has 0 saturated carbocycles. The number of carbonyl (C=O) groups excluding carboxylic acids is 1. The predicted molar refractivity (Wildman–Crippen MR) is 102 cm³/mol. The average Bonchev–Trinajstić information content (AvgIpc) is 2.68. The first-order chi connectivity index (χ1) is 12.7. The van der Waals surface area contributed by atoms with Crippen LogP contribution in [0.3, 0.4) is 0 Å². The van der Waals surface area contributed by atoms with Crippen molar-refractivity contribution >= 4 is 11.6 Å². The standard InChI is InChI=1S/C20H26N2O4/c1-24-17-7-5-16(6-8-17)21-13-11-20(23)22-12-10-15-4-9-18(25-2)19(14-15)26-3/h4-9,14,21H,10-13H2,1-3H3,(H,22,23). The Kier molecular flexibility index (Phi) is 7.61. The maximum Gasteiger partial charge on any atom is 0.221 e. The van der Waals surface area contributed by atoms with Crippen molar-refractivity contribution in [2.75, 3.05) is 39.7 Å². The van der Waals surface area contributed by atoms with Gasteiger partial charge in [-0.1, -0.05) is 6.07 Å². The number of rotatable bonds is 10. The van der Waals surface area contributed by atoms with Crippen LogP contribution in [0.15, 0.2) is 42.5 Å². The number of methoxy groups -OCH3 is 3. The molecule has 0 spiro atoms. The highest BCUT2D eigenvalue weighted by Crippen LogP contribution is 2.27. The number of carbonyl (C=O) groups is 1. The number of nitrogens with one attached hydrogen (secondary N) is 2. The van der Waals surface area contributed by atoms with Crippen LogP contribution >= 0.6 is 0 Å². The lowest BCUT2D eigenvalue weighted by Gasteiger charge is -2.10. The topological polar surface area (TPSA) is 68.8 Å². The van der Waals surface area contributed by atoms with Crippen LogP contribution in [0, 0.1) is 0 Å². The molecule has 0 bridgehead atoms. The van der Waals surface area contributed by atoms with Gasteiger partial charge in [-0.15, -0.1) is 0 Å². The van der Waals surface area contributed by atoms with Gasteiger partial charge in [0.05, 0.1) is 21.3 Å². The molecule has 0 aliphatic rings. The van der Waals surface area contributed by atoms with Crippen LogP contribution in [0.5, 0.6) is 17.2 Å². The van der Waals surface area contributed by atoms with Gasteiger partial charge in [0, 0.05) is 25.2 Å². The van der Waals surface area contributed by atoms with Crippen molar-refractivity contribution in [2.24, 2.45) is 0 Å². The second-order valence-corrected chi connectivity index (χ2v) is 5.69. The molecule has 26 heavy (non-hydrogen) atoms. The van der Waals surface area contributed by atoms with Crippen molar-refractivity contribution < 1.29 is 19.0 Å². The zero-order valence-electron chi connectivity index (χ0n) is 15.5. The van der Waals surface area contributed by atoms with Crippen LogP contribution in [0.2, 0.25) is 0 Å². The molecule has 0 radical (unpaired) electrons. The largest absolute Gasteiger partial charge is 0.497 e. The molecule has 2 aromatic carbocycles. The van der Waals surface area contributed by atoms with Gasteiger partial charge in [-0.05, 0) is 48.4 Å². The lowest BCUT2D eigenvalue weighted by atomic mass is 10.1. The maximum absolute atomic E-state index is 11.9. The number of benzene rings is 2. The van der Waals surface area contributed by atoms with Gasteiger partial charge in [0.1, 0.15) is 5.75 Å².